The predicted molar refractivity (Wildman–Crippen MR) is 112 cm³/mol. The monoisotopic (exact) mass is 414 g/mol. The van der Waals surface area contributed by atoms with Gasteiger partial charge in [0.15, 0.2) is 0 Å². The van der Waals surface area contributed by atoms with Gasteiger partial charge in [0.2, 0.25) is 5.91 Å². The Hall–Kier alpha value is -2.87. The summed E-state index contributed by atoms with van der Waals surface area (Å²) in [6.45, 7) is 5.56. The number of unbranched alkanes of at least 4 members (excludes halogenated alkanes) is 1. The van der Waals surface area contributed by atoms with Gasteiger partial charge in [-0.15, -0.1) is 0 Å². The molecule has 1 saturated heterocycles. The third-order valence-electron chi connectivity index (χ3n) is 5.42. The lowest BCUT2D eigenvalue weighted by atomic mass is 9.94. The number of esters is 1. The minimum absolute atomic E-state index is 0.00662. The number of carbonyl (C=O) groups is 3. The Balaban J connectivity index is 1.96. The van der Waals surface area contributed by atoms with E-state index in [-0.39, 0.29) is 24.6 Å². The molecule has 3 rings (SSSR count). The van der Waals surface area contributed by atoms with Crippen LogP contribution < -0.4 is 16.0 Å². The van der Waals surface area contributed by atoms with E-state index in [0.717, 1.165) is 24.8 Å². The highest BCUT2D eigenvalue weighted by atomic mass is 16.5. The number of ether oxygens (including phenoxy) is 1. The molecule has 1 aromatic rings. The summed E-state index contributed by atoms with van der Waals surface area (Å²) in [4.78, 5) is 39.8. The predicted octanol–water partition coefficient (Wildman–Crippen LogP) is 1.85. The Bertz CT molecular complexity index is 809. The van der Waals surface area contributed by atoms with Gasteiger partial charge in [0, 0.05) is 25.3 Å². The van der Waals surface area contributed by atoms with Gasteiger partial charge in [-0.05, 0) is 18.9 Å². The van der Waals surface area contributed by atoms with Gasteiger partial charge in [-0.2, -0.15) is 0 Å². The molecule has 1 fully saturated rings. The number of hydrogen-bond donors (Lipinski definition) is 3. The fourth-order valence-electron chi connectivity index (χ4n) is 3.95. The van der Waals surface area contributed by atoms with Crippen molar-refractivity contribution in [2.24, 2.45) is 0 Å². The highest BCUT2D eigenvalue weighted by molar-refractivity contribution is 5.95. The second-order valence-corrected chi connectivity index (χ2v) is 7.47. The molecule has 2 atom stereocenters. The molecule has 0 aromatic heterocycles. The fourth-order valence-corrected chi connectivity index (χ4v) is 3.95. The van der Waals surface area contributed by atoms with Crippen molar-refractivity contribution in [3.05, 3.63) is 47.2 Å². The van der Waals surface area contributed by atoms with E-state index in [1.54, 1.807) is 6.92 Å². The van der Waals surface area contributed by atoms with Crippen LogP contribution in [0.2, 0.25) is 0 Å². The molecule has 162 valence electrons. The maximum Gasteiger partial charge on any atom is 0.338 e. The Morgan fingerprint density at radius 3 is 2.67 bits per heavy atom. The van der Waals surface area contributed by atoms with Crippen LogP contribution in [0.4, 0.5) is 4.79 Å². The summed E-state index contributed by atoms with van der Waals surface area (Å²) < 4.78 is 5.31. The SMILES string of the molecule is CCCC[C@H]1C(=O)NCCN1CC1=C(C(=O)OCC)[C@H](c2ccccc2)NC(=O)N1. The molecule has 8 heteroatoms. The van der Waals surface area contributed by atoms with E-state index in [1.807, 2.05) is 35.2 Å². The topological polar surface area (TPSA) is 99.8 Å². The number of amides is 3. The molecule has 0 unspecified atom stereocenters. The third kappa shape index (κ3) is 4.99. The lowest BCUT2D eigenvalue weighted by molar-refractivity contribution is -0.139. The minimum atomic E-state index is -0.610. The molecule has 0 saturated carbocycles. The number of nitrogens with one attached hydrogen (secondary N) is 3. The normalized spacial score (nSPS) is 22.2. The van der Waals surface area contributed by atoms with Gasteiger partial charge in [0.05, 0.1) is 24.3 Å². The van der Waals surface area contributed by atoms with E-state index in [2.05, 4.69) is 22.9 Å². The van der Waals surface area contributed by atoms with Crippen LogP contribution in [-0.4, -0.2) is 55.1 Å². The lowest BCUT2D eigenvalue weighted by Gasteiger charge is -2.37. The average Bonchev–Trinajstić information content (AvgIpc) is 2.74. The number of rotatable bonds is 8. The van der Waals surface area contributed by atoms with Crippen LogP contribution >= 0.6 is 0 Å². The van der Waals surface area contributed by atoms with E-state index in [9.17, 15) is 14.4 Å². The van der Waals surface area contributed by atoms with Crippen molar-refractivity contribution in [3.8, 4) is 0 Å². The molecule has 0 aliphatic carbocycles. The van der Waals surface area contributed by atoms with Gasteiger partial charge >= 0.3 is 12.0 Å². The third-order valence-corrected chi connectivity index (χ3v) is 5.42. The summed E-state index contributed by atoms with van der Waals surface area (Å²) in [6.07, 6.45) is 2.66. The summed E-state index contributed by atoms with van der Waals surface area (Å²) in [6, 6.07) is 8.07. The fraction of sp³-hybridized carbons (Fsp3) is 0.500. The van der Waals surface area contributed by atoms with Crippen molar-refractivity contribution in [3.63, 3.8) is 0 Å². The Morgan fingerprint density at radius 1 is 1.20 bits per heavy atom. The number of carbonyl (C=O) groups excluding carboxylic acids is 3. The van der Waals surface area contributed by atoms with Crippen LogP contribution in [0.3, 0.4) is 0 Å². The van der Waals surface area contributed by atoms with Gasteiger partial charge in [-0.3, -0.25) is 9.69 Å². The minimum Gasteiger partial charge on any atom is -0.463 e. The van der Waals surface area contributed by atoms with E-state index < -0.39 is 12.0 Å². The highest BCUT2D eigenvalue weighted by Gasteiger charge is 2.36. The molecule has 2 heterocycles. The Kier molecular flexibility index (Phi) is 7.46. The summed E-state index contributed by atoms with van der Waals surface area (Å²) in [5, 5.41) is 8.55. The average molecular weight is 415 g/mol. The van der Waals surface area contributed by atoms with Crippen molar-refractivity contribution in [1.29, 1.82) is 0 Å². The molecule has 0 spiro atoms. The number of urea groups is 1. The van der Waals surface area contributed by atoms with Crippen LogP contribution in [-0.2, 0) is 14.3 Å². The maximum atomic E-state index is 12.9. The molecular formula is C22H30N4O4. The van der Waals surface area contributed by atoms with Crippen LogP contribution in [0.1, 0.15) is 44.7 Å². The first-order valence-corrected chi connectivity index (χ1v) is 10.6. The highest BCUT2D eigenvalue weighted by Crippen LogP contribution is 2.28. The first-order valence-electron chi connectivity index (χ1n) is 10.6. The number of nitrogens with zero attached hydrogens (tertiary/aromatic N) is 1. The molecule has 3 N–H and O–H groups in total. The maximum absolute atomic E-state index is 12.9. The zero-order chi connectivity index (χ0) is 21.5. The van der Waals surface area contributed by atoms with Crippen molar-refractivity contribution in [2.75, 3.05) is 26.2 Å². The Morgan fingerprint density at radius 2 is 1.97 bits per heavy atom. The number of benzene rings is 1. The van der Waals surface area contributed by atoms with E-state index >= 15 is 0 Å². The van der Waals surface area contributed by atoms with Crippen LogP contribution in [0.5, 0.6) is 0 Å². The van der Waals surface area contributed by atoms with Crippen molar-refractivity contribution >= 4 is 17.9 Å². The summed E-state index contributed by atoms with van der Waals surface area (Å²) in [5.41, 5.74) is 1.66. The van der Waals surface area contributed by atoms with Gasteiger partial charge in [-0.1, -0.05) is 50.1 Å². The first kappa shape index (κ1) is 21.8. The second-order valence-electron chi connectivity index (χ2n) is 7.47. The lowest BCUT2D eigenvalue weighted by Crippen LogP contribution is -2.57. The van der Waals surface area contributed by atoms with Crippen molar-refractivity contribution in [2.45, 2.75) is 45.2 Å². The molecule has 1 aromatic carbocycles. The molecule has 30 heavy (non-hydrogen) atoms. The van der Waals surface area contributed by atoms with E-state index in [4.69, 9.17) is 4.74 Å². The standard InChI is InChI=1S/C22H30N4O4/c1-3-5-11-17-20(27)23-12-13-26(17)14-16-18(21(28)30-4-2)19(25-22(29)24-16)15-9-7-6-8-10-15/h6-10,17,19H,3-5,11-14H2,1-2H3,(H,23,27)(H2,24,25,29)/t17-,19-/m0/s1. The quantitative estimate of drug-likeness (QED) is 0.564. The molecule has 8 nitrogen and oxygen atoms in total. The zero-order valence-electron chi connectivity index (χ0n) is 17.6. The van der Waals surface area contributed by atoms with Crippen LogP contribution in [0, 0.1) is 0 Å². The van der Waals surface area contributed by atoms with Gasteiger partial charge < -0.3 is 20.7 Å². The molecule has 0 bridgehead atoms. The zero-order valence-corrected chi connectivity index (χ0v) is 17.6. The molecule has 3 amide bonds. The Labute approximate surface area is 177 Å². The van der Waals surface area contributed by atoms with Gasteiger partial charge in [-0.25, -0.2) is 9.59 Å². The number of hydrogen-bond acceptors (Lipinski definition) is 5. The molecular weight excluding hydrogens is 384 g/mol. The first-order chi connectivity index (χ1) is 14.5. The smallest absolute Gasteiger partial charge is 0.338 e. The molecule has 2 aliphatic rings. The summed E-state index contributed by atoms with van der Waals surface area (Å²) in [7, 11) is 0. The summed E-state index contributed by atoms with van der Waals surface area (Å²) >= 11 is 0. The van der Waals surface area contributed by atoms with Gasteiger partial charge in [0.25, 0.3) is 0 Å². The number of piperazine rings is 1. The van der Waals surface area contributed by atoms with Crippen molar-refractivity contribution in [1.82, 2.24) is 20.9 Å². The van der Waals surface area contributed by atoms with E-state index in [1.165, 1.54) is 0 Å². The van der Waals surface area contributed by atoms with Crippen LogP contribution in [0.15, 0.2) is 41.6 Å². The van der Waals surface area contributed by atoms with E-state index in [0.29, 0.717) is 30.9 Å². The largest absolute Gasteiger partial charge is 0.463 e. The van der Waals surface area contributed by atoms with Crippen LogP contribution in [0.25, 0.3) is 0 Å². The summed E-state index contributed by atoms with van der Waals surface area (Å²) in [5.74, 6) is -0.478. The van der Waals surface area contributed by atoms with Crippen molar-refractivity contribution < 1.29 is 19.1 Å². The molecule has 0 radical (unpaired) electrons. The van der Waals surface area contributed by atoms with Gasteiger partial charge in [0.1, 0.15) is 0 Å². The second kappa shape index (κ2) is 10.2. The molecule has 2 aliphatic heterocycles.